The smallest absolute Gasteiger partial charge is 0.652 e. The minimum atomic E-state index is -2.33. The van der Waals surface area contributed by atoms with E-state index < -0.39 is 24.6 Å². The third kappa shape index (κ3) is 3750. The molecule has 0 heterocycles. The largest absolute Gasteiger partial charge is 1.00 e. The molecule has 0 rings (SSSR count). The third-order valence-electron chi connectivity index (χ3n) is 0. The van der Waals surface area contributed by atoms with Gasteiger partial charge in [-0.15, -0.1) is 0 Å². The molecule has 0 aromatic carbocycles. The van der Waals surface area contributed by atoms with E-state index in [9.17, 15) is 0 Å². The maximum atomic E-state index is 8.56. The van der Waals surface area contributed by atoms with Gasteiger partial charge in [-0.2, -0.15) is 0 Å². The van der Waals surface area contributed by atoms with E-state index in [1.165, 1.54) is 0 Å². The minimum Gasteiger partial charge on any atom is -0.652 e. The van der Waals surface area contributed by atoms with Crippen LogP contribution >= 0.6 is 0 Å². The first-order valence-electron chi connectivity index (χ1n) is 2.53. The SMILES string of the molecule is O=C(O)O.O=C([O-])O.O=C([O-])O.O=C([O-])[O-].[K+].[Li+].[Na+].[Na+]. The van der Waals surface area contributed by atoms with Gasteiger partial charge in [0, 0.05) is 0 Å². The van der Waals surface area contributed by atoms with Crippen molar-refractivity contribution < 1.29 is 189 Å². The van der Waals surface area contributed by atoms with Crippen LogP contribution < -0.4 is 150 Å². The van der Waals surface area contributed by atoms with Gasteiger partial charge in [0.25, 0.3) is 0 Å². The summed E-state index contributed by atoms with van der Waals surface area (Å²) >= 11 is 0. The molecule has 0 aliphatic carbocycles. The molecular formula is C4H4KLiNa2O12. The number of carbonyl (C=O) groups is 4. The summed E-state index contributed by atoms with van der Waals surface area (Å²) in [5.74, 6) is 0. The van der Waals surface area contributed by atoms with E-state index in [1.54, 1.807) is 0 Å². The van der Waals surface area contributed by atoms with Crippen molar-refractivity contribution in [2.75, 3.05) is 0 Å². The predicted molar refractivity (Wildman–Crippen MR) is 32.1 cm³/mol. The molecule has 0 aromatic heterocycles. The first-order chi connectivity index (χ1) is 6.93. The monoisotopic (exact) mass is 336 g/mol. The summed E-state index contributed by atoms with van der Waals surface area (Å²) < 4.78 is 0. The van der Waals surface area contributed by atoms with Crippen LogP contribution in [0.25, 0.3) is 0 Å². The molecule has 0 fully saturated rings. The fourth-order valence-electron chi connectivity index (χ4n) is 0. The average molecular weight is 336 g/mol. The summed E-state index contributed by atoms with van der Waals surface area (Å²) in [5.41, 5.74) is 0. The Kier molecular flexibility index (Phi) is 106. The summed E-state index contributed by atoms with van der Waals surface area (Å²) in [6, 6.07) is 0. The normalized spacial score (nSPS) is 4.80. The van der Waals surface area contributed by atoms with Crippen LogP contribution in [0.5, 0.6) is 0 Å². The standard InChI is InChI=1S/4CH2O3.K.Li.2Na/c4*2-1(3)4;;;;/h4*(H2,2,3,4);;;;/q;;;;4*+1/p-4. The van der Waals surface area contributed by atoms with Crippen molar-refractivity contribution in [3.63, 3.8) is 0 Å². The summed E-state index contributed by atoms with van der Waals surface area (Å²) in [7, 11) is 0. The second kappa shape index (κ2) is 42.7. The molecule has 96 valence electrons. The van der Waals surface area contributed by atoms with Gasteiger partial charge < -0.3 is 55.2 Å². The fraction of sp³-hybridized carbons (Fsp3) is 0. The van der Waals surface area contributed by atoms with Gasteiger partial charge in [-0.05, 0) is 6.16 Å². The van der Waals surface area contributed by atoms with Gasteiger partial charge in [0.15, 0.2) is 0 Å². The summed E-state index contributed by atoms with van der Waals surface area (Å²) in [4.78, 5) is 33.8. The van der Waals surface area contributed by atoms with Crippen LogP contribution in [-0.4, -0.2) is 45.0 Å². The molecule has 12 nitrogen and oxygen atoms in total. The zero-order valence-electron chi connectivity index (χ0n) is 11.1. The molecular weight excluding hydrogens is 332 g/mol. The molecule has 0 amide bonds. The Bertz CT molecular complexity index is 173. The van der Waals surface area contributed by atoms with Crippen molar-refractivity contribution in [2.24, 2.45) is 0 Å². The minimum absolute atomic E-state index is 0. The van der Waals surface area contributed by atoms with Crippen LogP contribution in [0.1, 0.15) is 0 Å². The number of carbonyl (C=O) groups excluding carboxylic acids is 1. The van der Waals surface area contributed by atoms with Crippen LogP contribution in [0.4, 0.5) is 19.2 Å². The van der Waals surface area contributed by atoms with Crippen molar-refractivity contribution in [1.29, 1.82) is 0 Å². The molecule has 0 aliphatic rings. The van der Waals surface area contributed by atoms with Crippen LogP contribution in [0.3, 0.4) is 0 Å². The molecule has 0 radical (unpaired) electrons. The Morgan fingerprint density at radius 1 is 0.650 bits per heavy atom. The Hall–Kier alpha value is 1.31. The number of hydrogen-bond acceptors (Lipinski definition) is 8. The van der Waals surface area contributed by atoms with Gasteiger partial charge in [0.05, 0.1) is 0 Å². The zero-order chi connectivity index (χ0) is 14.3. The van der Waals surface area contributed by atoms with Gasteiger partial charge in [-0.25, -0.2) is 4.79 Å². The van der Waals surface area contributed by atoms with Gasteiger partial charge in [-0.3, -0.25) is 0 Å². The molecule has 0 aliphatic heterocycles. The number of hydrogen-bond donors (Lipinski definition) is 4. The Balaban J connectivity index is -0.0000000150. The molecule has 0 aromatic rings. The van der Waals surface area contributed by atoms with Crippen LogP contribution in [0.2, 0.25) is 0 Å². The van der Waals surface area contributed by atoms with Gasteiger partial charge in [0.1, 0.15) is 0 Å². The Morgan fingerprint density at radius 2 is 0.650 bits per heavy atom. The van der Waals surface area contributed by atoms with E-state index in [-0.39, 0.29) is 129 Å². The topological polar surface area (TPSA) is 241 Å². The fourth-order valence-corrected chi connectivity index (χ4v) is 0. The van der Waals surface area contributed by atoms with Crippen molar-refractivity contribution in [3.8, 4) is 0 Å². The number of rotatable bonds is 0. The van der Waals surface area contributed by atoms with Gasteiger partial charge in [-0.1, -0.05) is 0 Å². The molecule has 0 saturated carbocycles. The maximum Gasteiger partial charge on any atom is 1.00 e. The van der Waals surface area contributed by atoms with Crippen molar-refractivity contribution in [1.82, 2.24) is 0 Å². The molecule has 0 spiro atoms. The molecule has 0 saturated heterocycles. The van der Waals surface area contributed by atoms with Crippen LogP contribution in [0, 0.1) is 0 Å². The molecule has 0 bridgehead atoms. The van der Waals surface area contributed by atoms with Crippen molar-refractivity contribution in [3.05, 3.63) is 0 Å². The van der Waals surface area contributed by atoms with E-state index in [4.69, 9.17) is 60.0 Å². The molecule has 4 N–H and O–H groups in total. The molecule has 20 heavy (non-hydrogen) atoms. The third-order valence-corrected chi connectivity index (χ3v) is 0. The van der Waals surface area contributed by atoms with Crippen molar-refractivity contribution >= 4 is 24.6 Å². The van der Waals surface area contributed by atoms with Crippen LogP contribution in [0.15, 0.2) is 0 Å². The molecule has 0 atom stereocenters. The van der Waals surface area contributed by atoms with E-state index in [1.807, 2.05) is 0 Å². The summed E-state index contributed by atoms with van der Waals surface area (Å²) in [6.07, 6.45) is -8.33. The van der Waals surface area contributed by atoms with E-state index in [0.717, 1.165) is 0 Å². The Morgan fingerprint density at radius 3 is 0.650 bits per heavy atom. The second-order valence-electron chi connectivity index (χ2n) is 1.06. The average Bonchev–Trinajstić information content (AvgIpc) is 1.76. The maximum absolute atomic E-state index is 8.56. The van der Waals surface area contributed by atoms with Crippen molar-refractivity contribution in [2.45, 2.75) is 0 Å². The predicted octanol–water partition coefficient (Wildman–Crippen LogP) is -16.4. The molecule has 0 unspecified atom stereocenters. The summed E-state index contributed by atoms with van der Waals surface area (Å²) in [5, 5.41) is 61.2. The van der Waals surface area contributed by atoms with E-state index >= 15 is 0 Å². The van der Waals surface area contributed by atoms with Crippen LogP contribution in [-0.2, 0) is 0 Å². The van der Waals surface area contributed by atoms with Gasteiger partial charge >= 0.3 is 136 Å². The zero-order valence-corrected chi connectivity index (χ0v) is 18.2. The second-order valence-corrected chi connectivity index (χ2v) is 1.06. The first-order valence-corrected chi connectivity index (χ1v) is 2.53. The quantitative estimate of drug-likeness (QED) is 0.301. The van der Waals surface area contributed by atoms with E-state index in [0.29, 0.717) is 0 Å². The summed E-state index contributed by atoms with van der Waals surface area (Å²) in [6.45, 7) is 0. The van der Waals surface area contributed by atoms with E-state index in [2.05, 4.69) is 0 Å². The molecule has 16 heteroatoms. The Labute approximate surface area is 210 Å². The number of carboxylic acid groups (broad SMARTS) is 8. The van der Waals surface area contributed by atoms with Gasteiger partial charge in [0.2, 0.25) is 12.3 Å². The first kappa shape index (κ1) is 49.6.